The molecule has 0 bridgehead atoms. The Balaban J connectivity index is 1.45. The summed E-state index contributed by atoms with van der Waals surface area (Å²) in [7, 11) is 3.19. The summed E-state index contributed by atoms with van der Waals surface area (Å²) in [5.41, 5.74) is 4.38. The number of fused-ring (bicyclic) bond motifs is 1. The van der Waals surface area contributed by atoms with Crippen LogP contribution in [0.25, 0.3) is 22.5 Å². The summed E-state index contributed by atoms with van der Waals surface area (Å²) in [6.45, 7) is 2.10. The molecule has 1 fully saturated rings. The fourth-order valence-corrected chi connectivity index (χ4v) is 4.47. The quantitative estimate of drug-likeness (QED) is 0.628. The number of rotatable bonds is 5. The molecule has 5 rings (SSSR count). The first-order chi connectivity index (χ1) is 15.2. The monoisotopic (exact) mass is 417 g/mol. The van der Waals surface area contributed by atoms with E-state index >= 15 is 0 Å². The number of nitrogens with zero attached hydrogens (tertiary/aromatic N) is 3. The molecule has 2 aromatic heterocycles. The van der Waals surface area contributed by atoms with Gasteiger partial charge in [-0.1, -0.05) is 12.5 Å². The minimum atomic E-state index is -0.0934. The van der Waals surface area contributed by atoms with Crippen LogP contribution >= 0.6 is 0 Å². The molecule has 6 nitrogen and oxygen atoms in total. The molecule has 0 saturated heterocycles. The van der Waals surface area contributed by atoms with E-state index in [1.165, 1.54) is 24.8 Å². The van der Waals surface area contributed by atoms with Gasteiger partial charge in [-0.2, -0.15) is 0 Å². The minimum absolute atomic E-state index is 0.0934. The van der Waals surface area contributed by atoms with Gasteiger partial charge in [0.15, 0.2) is 11.5 Å². The first kappa shape index (κ1) is 19.8. The zero-order chi connectivity index (χ0) is 21.4. The fourth-order valence-electron chi connectivity index (χ4n) is 4.47. The average molecular weight is 418 g/mol. The summed E-state index contributed by atoms with van der Waals surface area (Å²) in [5, 5.41) is 0. The van der Waals surface area contributed by atoms with Gasteiger partial charge in [0.25, 0.3) is 5.56 Å². The Labute approximate surface area is 181 Å². The molecule has 0 amide bonds. The highest BCUT2D eigenvalue weighted by Gasteiger charge is 2.26. The van der Waals surface area contributed by atoms with E-state index < -0.39 is 0 Å². The molecule has 31 heavy (non-hydrogen) atoms. The van der Waals surface area contributed by atoms with Crippen LogP contribution in [0.4, 0.5) is 0 Å². The molecule has 1 aromatic carbocycles. The summed E-state index contributed by atoms with van der Waals surface area (Å²) >= 11 is 0. The predicted octanol–water partition coefficient (Wildman–Crippen LogP) is 4.02. The molecular formula is C25H27N3O3. The molecule has 0 radical (unpaired) electrons. The molecule has 3 heterocycles. The number of aromatic nitrogens is 2. The average Bonchev–Trinajstić information content (AvgIpc) is 2.77. The first-order valence-electron chi connectivity index (χ1n) is 10.9. The van der Waals surface area contributed by atoms with Crippen molar-refractivity contribution in [2.75, 3.05) is 27.3 Å². The van der Waals surface area contributed by atoms with Crippen molar-refractivity contribution in [1.29, 1.82) is 0 Å². The number of pyridine rings is 1. The third-order valence-electron chi connectivity index (χ3n) is 6.54. The van der Waals surface area contributed by atoms with Gasteiger partial charge in [-0.05, 0) is 60.7 Å². The van der Waals surface area contributed by atoms with Crippen LogP contribution in [-0.4, -0.2) is 47.6 Å². The van der Waals surface area contributed by atoms with Gasteiger partial charge < -0.3 is 9.47 Å². The van der Waals surface area contributed by atoms with Gasteiger partial charge in [0.2, 0.25) is 0 Å². The molecule has 3 aromatic rings. The molecule has 1 aliphatic carbocycles. The largest absolute Gasteiger partial charge is 0.493 e. The van der Waals surface area contributed by atoms with Crippen LogP contribution in [0.3, 0.4) is 0 Å². The lowest BCUT2D eigenvalue weighted by Crippen LogP contribution is -2.42. The van der Waals surface area contributed by atoms with Gasteiger partial charge in [-0.3, -0.25) is 14.1 Å². The number of hydrogen-bond acceptors (Lipinski definition) is 5. The van der Waals surface area contributed by atoms with Gasteiger partial charge >= 0.3 is 0 Å². The zero-order valence-electron chi connectivity index (χ0n) is 18.0. The van der Waals surface area contributed by atoms with E-state index in [4.69, 9.17) is 14.5 Å². The third kappa shape index (κ3) is 3.72. The third-order valence-corrected chi connectivity index (χ3v) is 6.54. The number of methoxy groups -OCH3 is 2. The Morgan fingerprint density at radius 1 is 1.00 bits per heavy atom. The SMILES string of the molecule is COc1ccc(-c2cc(=O)n3cc(C4=CCN(C5CCC5)CC4)ccc3n2)cc1OC. The summed E-state index contributed by atoms with van der Waals surface area (Å²) < 4.78 is 12.3. The Kier molecular flexibility index (Phi) is 5.24. The van der Waals surface area contributed by atoms with Crippen LogP contribution in [0.15, 0.2) is 53.5 Å². The Bertz CT molecular complexity index is 1210. The van der Waals surface area contributed by atoms with Crippen molar-refractivity contribution >= 4 is 11.2 Å². The normalized spacial score (nSPS) is 17.3. The van der Waals surface area contributed by atoms with E-state index in [1.54, 1.807) is 24.7 Å². The summed E-state index contributed by atoms with van der Waals surface area (Å²) in [6.07, 6.45) is 9.30. The van der Waals surface area contributed by atoms with Crippen LogP contribution in [0.1, 0.15) is 31.2 Å². The van der Waals surface area contributed by atoms with E-state index in [2.05, 4.69) is 17.0 Å². The van der Waals surface area contributed by atoms with Crippen molar-refractivity contribution in [2.45, 2.75) is 31.7 Å². The summed E-state index contributed by atoms with van der Waals surface area (Å²) in [5.74, 6) is 1.25. The van der Waals surface area contributed by atoms with Crippen molar-refractivity contribution in [2.24, 2.45) is 0 Å². The van der Waals surface area contributed by atoms with E-state index in [-0.39, 0.29) is 5.56 Å². The molecule has 2 aliphatic rings. The van der Waals surface area contributed by atoms with Crippen LogP contribution in [-0.2, 0) is 0 Å². The van der Waals surface area contributed by atoms with E-state index in [9.17, 15) is 4.79 Å². The van der Waals surface area contributed by atoms with Crippen LogP contribution < -0.4 is 15.0 Å². The summed E-state index contributed by atoms with van der Waals surface area (Å²) in [6, 6.07) is 11.9. The van der Waals surface area contributed by atoms with Gasteiger partial charge in [-0.15, -0.1) is 0 Å². The van der Waals surface area contributed by atoms with Crippen LogP contribution in [0, 0.1) is 0 Å². The Hall–Kier alpha value is -3.12. The molecular weight excluding hydrogens is 390 g/mol. The zero-order valence-corrected chi connectivity index (χ0v) is 18.0. The lowest BCUT2D eigenvalue weighted by Gasteiger charge is -2.39. The van der Waals surface area contributed by atoms with Gasteiger partial charge in [-0.25, -0.2) is 4.98 Å². The second kappa shape index (κ2) is 8.19. The Morgan fingerprint density at radius 3 is 2.48 bits per heavy atom. The van der Waals surface area contributed by atoms with Crippen LogP contribution in [0.2, 0.25) is 0 Å². The number of benzene rings is 1. The lowest BCUT2D eigenvalue weighted by atomic mass is 9.89. The highest BCUT2D eigenvalue weighted by molar-refractivity contribution is 5.69. The molecule has 160 valence electrons. The second-order valence-corrected chi connectivity index (χ2v) is 8.25. The number of ether oxygens (including phenoxy) is 2. The Morgan fingerprint density at radius 2 is 1.81 bits per heavy atom. The summed E-state index contributed by atoms with van der Waals surface area (Å²) in [4.78, 5) is 20.2. The predicted molar refractivity (Wildman–Crippen MR) is 122 cm³/mol. The second-order valence-electron chi connectivity index (χ2n) is 8.25. The molecule has 0 spiro atoms. The smallest absolute Gasteiger partial charge is 0.258 e. The molecule has 0 unspecified atom stereocenters. The highest BCUT2D eigenvalue weighted by atomic mass is 16.5. The molecule has 1 aliphatic heterocycles. The van der Waals surface area contributed by atoms with Gasteiger partial charge in [0.05, 0.1) is 19.9 Å². The standard InChI is InChI=1S/C25H27N3O3/c1-30-22-8-6-18(14-23(22)31-2)21-15-25(29)28-16-19(7-9-24(28)26-21)17-10-12-27(13-11-17)20-4-3-5-20/h6-10,14-16,20H,3-5,11-13H2,1-2H3. The maximum absolute atomic E-state index is 12.9. The van der Waals surface area contributed by atoms with Gasteiger partial charge in [0, 0.05) is 37.0 Å². The first-order valence-corrected chi connectivity index (χ1v) is 10.9. The van der Waals surface area contributed by atoms with Crippen LogP contribution in [0.5, 0.6) is 11.5 Å². The van der Waals surface area contributed by atoms with Crippen molar-refractivity contribution in [1.82, 2.24) is 14.3 Å². The van der Waals surface area contributed by atoms with Crippen molar-refractivity contribution in [3.63, 3.8) is 0 Å². The topological polar surface area (TPSA) is 56.1 Å². The number of hydrogen-bond donors (Lipinski definition) is 0. The van der Waals surface area contributed by atoms with E-state index in [0.717, 1.165) is 36.7 Å². The maximum atomic E-state index is 12.9. The van der Waals surface area contributed by atoms with Gasteiger partial charge in [0.1, 0.15) is 5.65 Å². The maximum Gasteiger partial charge on any atom is 0.258 e. The fraction of sp³-hybridized carbons (Fsp3) is 0.360. The molecule has 1 saturated carbocycles. The lowest BCUT2D eigenvalue weighted by molar-refractivity contribution is 0.141. The molecule has 0 N–H and O–H groups in total. The van der Waals surface area contributed by atoms with Crippen molar-refractivity contribution in [3.8, 4) is 22.8 Å². The highest BCUT2D eigenvalue weighted by Crippen LogP contribution is 2.32. The van der Waals surface area contributed by atoms with Crippen molar-refractivity contribution in [3.05, 3.63) is 64.6 Å². The molecule has 6 heteroatoms. The van der Waals surface area contributed by atoms with E-state index in [0.29, 0.717) is 22.8 Å². The minimum Gasteiger partial charge on any atom is -0.493 e. The molecule has 0 atom stereocenters. The van der Waals surface area contributed by atoms with E-state index in [1.807, 2.05) is 30.5 Å². The van der Waals surface area contributed by atoms with Crippen molar-refractivity contribution < 1.29 is 9.47 Å².